The summed E-state index contributed by atoms with van der Waals surface area (Å²) < 4.78 is 0. The van der Waals surface area contributed by atoms with Gasteiger partial charge in [-0.05, 0) is 19.3 Å². The SMILES string of the molecule is C=CCCCCCC.CCCO. The summed E-state index contributed by atoms with van der Waals surface area (Å²) in [5, 5.41) is 7.88. The van der Waals surface area contributed by atoms with E-state index in [0.29, 0.717) is 6.61 Å². The van der Waals surface area contributed by atoms with Crippen molar-refractivity contribution in [3.63, 3.8) is 0 Å². The highest BCUT2D eigenvalue weighted by atomic mass is 16.2. The first kappa shape index (κ1) is 14.2. The number of allylic oxidation sites excluding steroid dienone is 1. The van der Waals surface area contributed by atoms with Gasteiger partial charge in [0.05, 0.1) is 0 Å². The third kappa shape index (κ3) is 22.6. The second-order valence-corrected chi connectivity index (χ2v) is 2.86. The van der Waals surface area contributed by atoms with Crippen LogP contribution >= 0.6 is 0 Å². The molecule has 1 heteroatoms. The second kappa shape index (κ2) is 17.0. The van der Waals surface area contributed by atoms with Crippen molar-refractivity contribution < 1.29 is 5.11 Å². The minimum Gasteiger partial charge on any atom is -0.396 e. The van der Waals surface area contributed by atoms with Gasteiger partial charge in [0, 0.05) is 6.61 Å². The Hall–Kier alpha value is -0.300. The normalized spacial score (nSPS) is 8.58. The van der Waals surface area contributed by atoms with E-state index in [4.69, 9.17) is 5.11 Å². The predicted molar refractivity (Wildman–Crippen MR) is 56.3 cm³/mol. The molecule has 0 aromatic heterocycles. The molecular formula is C11H24O. The Bertz CT molecular complexity index is 67.4. The average Bonchev–Trinajstić information content (AvgIpc) is 2.13. The smallest absolute Gasteiger partial charge is 0.0428 e. The van der Waals surface area contributed by atoms with Gasteiger partial charge in [-0.15, -0.1) is 6.58 Å². The molecular weight excluding hydrogens is 148 g/mol. The molecule has 0 heterocycles. The van der Waals surface area contributed by atoms with Crippen molar-refractivity contribution >= 4 is 0 Å². The van der Waals surface area contributed by atoms with Gasteiger partial charge in [0.25, 0.3) is 0 Å². The fraction of sp³-hybridized carbons (Fsp3) is 0.818. The van der Waals surface area contributed by atoms with E-state index >= 15 is 0 Å². The van der Waals surface area contributed by atoms with Crippen molar-refractivity contribution in [1.29, 1.82) is 0 Å². The van der Waals surface area contributed by atoms with Crippen LogP contribution in [0, 0.1) is 0 Å². The highest BCUT2D eigenvalue weighted by molar-refractivity contribution is 4.64. The molecule has 0 aliphatic rings. The fourth-order valence-corrected chi connectivity index (χ4v) is 0.715. The van der Waals surface area contributed by atoms with Crippen LogP contribution in [0.1, 0.15) is 52.4 Å². The molecule has 0 saturated heterocycles. The lowest BCUT2D eigenvalue weighted by Crippen LogP contribution is -1.71. The number of aliphatic hydroxyl groups is 1. The Kier molecular flexibility index (Phi) is 20.1. The minimum absolute atomic E-state index is 0.319. The number of hydrogen-bond acceptors (Lipinski definition) is 1. The van der Waals surface area contributed by atoms with Crippen LogP contribution in [0.15, 0.2) is 12.7 Å². The Morgan fingerprint density at radius 3 is 2.00 bits per heavy atom. The summed E-state index contributed by atoms with van der Waals surface area (Å²) in [7, 11) is 0. The molecule has 0 fully saturated rings. The summed E-state index contributed by atoms with van der Waals surface area (Å²) in [6.07, 6.45) is 9.49. The molecule has 0 saturated carbocycles. The van der Waals surface area contributed by atoms with Crippen LogP contribution in [0.4, 0.5) is 0 Å². The maximum atomic E-state index is 7.88. The summed E-state index contributed by atoms with van der Waals surface area (Å²) in [6.45, 7) is 8.14. The molecule has 0 unspecified atom stereocenters. The Morgan fingerprint density at radius 2 is 1.67 bits per heavy atom. The maximum absolute atomic E-state index is 7.88. The van der Waals surface area contributed by atoms with Crippen molar-refractivity contribution in [3.05, 3.63) is 12.7 Å². The first-order valence-corrected chi connectivity index (χ1v) is 5.05. The van der Waals surface area contributed by atoms with Crippen LogP contribution in [-0.2, 0) is 0 Å². The van der Waals surface area contributed by atoms with Crippen molar-refractivity contribution in [2.75, 3.05) is 6.61 Å². The molecule has 0 aromatic rings. The van der Waals surface area contributed by atoms with E-state index in [9.17, 15) is 0 Å². The zero-order chi connectivity index (χ0) is 9.66. The molecule has 0 aromatic carbocycles. The van der Waals surface area contributed by atoms with E-state index in [1.54, 1.807) is 0 Å². The lowest BCUT2D eigenvalue weighted by molar-refractivity contribution is 0.295. The van der Waals surface area contributed by atoms with Gasteiger partial charge >= 0.3 is 0 Å². The van der Waals surface area contributed by atoms with E-state index in [0.717, 1.165) is 6.42 Å². The molecule has 0 aliphatic carbocycles. The zero-order valence-corrected chi connectivity index (χ0v) is 8.68. The third-order valence-corrected chi connectivity index (χ3v) is 1.49. The third-order valence-electron chi connectivity index (χ3n) is 1.49. The van der Waals surface area contributed by atoms with E-state index in [-0.39, 0.29) is 0 Å². The lowest BCUT2D eigenvalue weighted by atomic mass is 10.2. The largest absolute Gasteiger partial charge is 0.396 e. The first-order valence-electron chi connectivity index (χ1n) is 5.05. The minimum atomic E-state index is 0.319. The molecule has 0 radical (unpaired) electrons. The van der Waals surface area contributed by atoms with Crippen LogP contribution in [-0.4, -0.2) is 11.7 Å². The highest BCUT2D eigenvalue weighted by Crippen LogP contribution is 2.01. The van der Waals surface area contributed by atoms with Crippen molar-refractivity contribution in [3.8, 4) is 0 Å². The van der Waals surface area contributed by atoms with E-state index < -0.39 is 0 Å². The van der Waals surface area contributed by atoms with Gasteiger partial charge in [0.1, 0.15) is 0 Å². The summed E-state index contributed by atoms with van der Waals surface area (Å²) in [5.74, 6) is 0. The van der Waals surface area contributed by atoms with Gasteiger partial charge in [-0.3, -0.25) is 0 Å². The predicted octanol–water partition coefficient (Wildman–Crippen LogP) is 3.53. The van der Waals surface area contributed by atoms with E-state index in [2.05, 4.69) is 13.5 Å². The standard InChI is InChI=1S/C8H16.C3H8O/c1-3-5-7-8-6-4-2;1-2-3-4/h3H,1,4-8H2,2H3;4H,2-3H2,1H3. The molecule has 0 rings (SSSR count). The highest BCUT2D eigenvalue weighted by Gasteiger charge is 1.81. The van der Waals surface area contributed by atoms with E-state index in [1.165, 1.54) is 32.1 Å². The number of hydrogen-bond donors (Lipinski definition) is 1. The Morgan fingerprint density at radius 1 is 1.08 bits per heavy atom. The van der Waals surface area contributed by atoms with Gasteiger partial charge < -0.3 is 5.11 Å². The fourth-order valence-electron chi connectivity index (χ4n) is 0.715. The molecule has 0 spiro atoms. The number of unbranched alkanes of at least 4 members (excludes halogenated alkanes) is 4. The zero-order valence-electron chi connectivity index (χ0n) is 8.68. The Labute approximate surface area is 77.5 Å². The molecule has 74 valence electrons. The molecule has 0 atom stereocenters. The molecule has 0 aliphatic heterocycles. The topological polar surface area (TPSA) is 20.2 Å². The van der Waals surface area contributed by atoms with E-state index in [1.807, 2.05) is 13.0 Å². The molecule has 12 heavy (non-hydrogen) atoms. The van der Waals surface area contributed by atoms with Crippen molar-refractivity contribution in [1.82, 2.24) is 0 Å². The summed E-state index contributed by atoms with van der Waals surface area (Å²) in [4.78, 5) is 0. The summed E-state index contributed by atoms with van der Waals surface area (Å²) >= 11 is 0. The van der Waals surface area contributed by atoms with Crippen LogP contribution in [0.5, 0.6) is 0 Å². The molecule has 0 bridgehead atoms. The van der Waals surface area contributed by atoms with Crippen molar-refractivity contribution in [2.45, 2.75) is 52.4 Å². The molecule has 1 nitrogen and oxygen atoms in total. The van der Waals surface area contributed by atoms with Gasteiger partial charge in [-0.2, -0.15) is 0 Å². The van der Waals surface area contributed by atoms with Crippen molar-refractivity contribution in [2.24, 2.45) is 0 Å². The van der Waals surface area contributed by atoms with Crippen LogP contribution < -0.4 is 0 Å². The maximum Gasteiger partial charge on any atom is 0.0428 e. The number of aliphatic hydroxyl groups excluding tert-OH is 1. The molecule has 1 N–H and O–H groups in total. The molecule has 0 amide bonds. The second-order valence-electron chi connectivity index (χ2n) is 2.86. The summed E-state index contributed by atoms with van der Waals surface area (Å²) in [5.41, 5.74) is 0. The van der Waals surface area contributed by atoms with Gasteiger partial charge in [0.2, 0.25) is 0 Å². The quantitative estimate of drug-likeness (QED) is 0.480. The monoisotopic (exact) mass is 172 g/mol. The number of rotatable bonds is 6. The van der Waals surface area contributed by atoms with Gasteiger partial charge in [0.15, 0.2) is 0 Å². The summed E-state index contributed by atoms with van der Waals surface area (Å²) in [6, 6.07) is 0. The van der Waals surface area contributed by atoms with Gasteiger partial charge in [-0.25, -0.2) is 0 Å². The van der Waals surface area contributed by atoms with Crippen LogP contribution in [0.2, 0.25) is 0 Å². The first-order chi connectivity index (χ1) is 5.83. The average molecular weight is 172 g/mol. The lowest BCUT2D eigenvalue weighted by Gasteiger charge is -1.91. The van der Waals surface area contributed by atoms with Gasteiger partial charge in [-0.1, -0.05) is 39.2 Å². The van der Waals surface area contributed by atoms with Crippen LogP contribution in [0.3, 0.4) is 0 Å². The van der Waals surface area contributed by atoms with Crippen LogP contribution in [0.25, 0.3) is 0 Å². The Balaban J connectivity index is 0.